The molecular formula is C20H19NO5S. The lowest BCUT2D eigenvalue weighted by molar-refractivity contribution is 0.0529. The number of thiophene rings is 1. The van der Waals surface area contributed by atoms with Crippen molar-refractivity contribution in [2.75, 3.05) is 19.0 Å². The lowest BCUT2D eigenvalue weighted by atomic mass is 10.1. The summed E-state index contributed by atoms with van der Waals surface area (Å²) < 4.78 is 15.7. The maximum atomic E-state index is 12.7. The summed E-state index contributed by atoms with van der Waals surface area (Å²) in [7, 11) is 1.60. The van der Waals surface area contributed by atoms with Crippen molar-refractivity contribution in [2.24, 2.45) is 0 Å². The fourth-order valence-corrected chi connectivity index (χ4v) is 3.55. The number of esters is 1. The molecule has 0 unspecified atom stereocenters. The highest BCUT2D eigenvalue weighted by molar-refractivity contribution is 7.15. The van der Waals surface area contributed by atoms with E-state index in [1.807, 2.05) is 6.07 Å². The van der Waals surface area contributed by atoms with Crippen molar-refractivity contribution in [3.05, 3.63) is 64.7 Å². The number of amides is 1. The quantitative estimate of drug-likeness (QED) is 0.602. The second-order valence-electron chi connectivity index (χ2n) is 5.64. The van der Waals surface area contributed by atoms with Crippen molar-refractivity contribution in [2.45, 2.75) is 13.5 Å². The predicted molar refractivity (Wildman–Crippen MR) is 103 cm³/mol. The Balaban J connectivity index is 1.91. The minimum absolute atomic E-state index is 0.235. The van der Waals surface area contributed by atoms with Crippen LogP contribution >= 0.6 is 11.3 Å². The number of carbonyl (C=O) groups excluding carboxylic acids is 2. The van der Waals surface area contributed by atoms with Crippen LogP contribution in [0, 0.1) is 0 Å². The third-order valence-electron chi connectivity index (χ3n) is 3.78. The van der Waals surface area contributed by atoms with Crippen LogP contribution in [0.15, 0.2) is 52.5 Å². The molecule has 0 spiro atoms. The number of methoxy groups -OCH3 is 1. The summed E-state index contributed by atoms with van der Waals surface area (Å²) >= 11 is 1.25. The summed E-state index contributed by atoms with van der Waals surface area (Å²) in [6.45, 7) is 2.38. The molecule has 3 rings (SSSR count). The molecule has 0 fully saturated rings. The van der Waals surface area contributed by atoms with Gasteiger partial charge in [0.1, 0.15) is 16.3 Å². The van der Waals surface area contributed by atoms with Gasteiger partial charge in [0.05, 0.1) is 19.5 Å². The fourth-order valence-electron chi connectivity index (χ4n) is 2.61. The normalized spacial score (nSPS) is 10.6. The van der Waals surface area contributed by atoms with Gasteiger partial charge in [-0.25, -0.2) is 4.79 Å². The second-order valence-corrected chi connectivity index (χ2v) is 6.52. The maximum absolute atomic E-state index is 12.7. The molecule has 1 aromatic carbocycles. The first-order valence-corrected chi connectivity index (χ1v) is 9.23. The molecule has 1 N–H and O–H groups in total. The molecule has 0 radical (unpaired) electrons. The Morgan fingerprint density at radius 1 is 1.22 bits per heavy atom. The van der Waals surface area contributed by atoms with E-state index in [1.54, 1.807) is 49.7 Å². The van der Waals surface area contributed by atoms with Gasteiger partial charge in [0.15, 0.2) is 0 Å². The molecule has 0 saturated carbocycles. The third kappa shape index (κ3) is 4.27. The molecule has 7 heteroatoms. The second kappa shape index (κ2) is 8.66. The first-order chi connectivity index (χ1) is 13.1. The van der Waals surface area contributed by atoms with Crippen LogP contribution in [0.3, 0.4) is 0 Å². The monoisotopic (exact) mass is 385 g/mol. The number of hydrogen-bond donors (Lipinski definition) is 1. The van der Waals surface area contributed by atoms with E-state index in [4.69, 9.17) is 13.9 Å². The maximum Gasteiger partial charge on any atom is 0.341 e. The molecular weight excluding hydrogens is 366 g/mol. The van der Waals surface area contributed by atoms with Gasteiger partial charge in [-0.15, -0.1) is 11.3 Å². The lowest BCUT2D eigenvalue weighted by Crippen LogP contribution is -2.15. The van der Waals surface area contributed by atoms with Crippen LogP contribution in [0.25, 0.3) is 11.3 Å². The van der Waals surface area contributed by atoms with Crippen LogP contribution in [-0.4, -0.2) is 25.6 Å². The fraction of sp³-hybridized carbons (Fsp3) is 0.200. The van der Waals surface area contributed by atoms with E-state index >= 15 is 0 Å². The topological polar surface area (TPSA) is 77.8 Å². The minimum Gasteiger partial charge on any atom is -0.464 e. The molecule has 0 atom stereocenters. The molecule has 0 aliphatic rings. The molecule has 1 amide bonds. The third-order valence-corrected chi connectivity index (χ3v) is 4.68. The Labute approximate surface area is 160 Å². The van der Waals surface area contributed by atoms with Crippen molar-refractivity contribution < 1.29 is 23.5 Å². The zero-order valence-electron chi connectivity index (χ0n) is 15.0. The van der Waals surface area contributed by atoms with Gasteiger partial charge in [-0.2, -0.15) is 0 Å². The van der Waals surface area contributed by atoms with Crippen LogP contribution in [-0.2, 0) is 16.1 Å². The molecule has 2 heterocycles. The Morgan fingerprint density at radius 2 is 2.07 bits per heavy atom. The molecule has 0 saturated heterocycles. The zero-order chi connectivity index (χ0) is 19.2. The van der Waals surface area contributed by atoms with Gasteiger partial charge in [-0.3, -0.25) is 4.79 Å². The Bertz CT molecular complexity index is 930. The number of nitrogens with one attached hydrogen (secondary N) is 1. The number of benzene rings is 1. The van der Waals surface area contributed by atoms with Crippen molar-refractivity contribution in [1.82, 2.24) is 0 Å². The Hall–Kier alpha value is -2.90. The van der Waals surface area contributed by atoms with E-state index in [9.17, 15) is 9.59 Å². The number of carbonyl (C=O) groups is 2. The average Bonchev–Trinajstić information content (AvgIpc) is 3.32. The summed E-state index contributed by atoms with van der Waals surface area (Å²) in [5, 5.41) is 5.00. The summed E-state index contributed by atoms with van der Waals surface area (Å²) in [5.74, 6) is -0.281. The lowest BCUT2D eigenvalue weighted by Gasteiger charge is -2.09. The van der Waals surface area contributed by atoms with Crippen LogP contribution in [0.1, 0.15) is 33.2 Å². The Kier molecular flexibility index (Phi) is 6.05. The van der Waals surface area contributed by atoms with Gasteiger partial charge in [0.25, 0.3) is 5.91 Å². The predicted octanol–water partition coefficient (Wildman–Crippen LogP) is 4.58. The van der Waals surface area contributed by atoms with Gasteiger partial charge in [0, 0.05) is 23.6 Å². The van der Waals surface area contributed by atoms with Crippen molar-refractivity contribution in [3.8, 4) is 11.3 Å². The van der Waals surface area contributed by atoms with Crippen molar-refractivity contribution in [1.29, 1.82) is 0 Å². The van der Waals surface area contributed by atoms with Crippen molar-refractivity contribution >= 4 is 28.2 Å². The number of hydrogen-bond acceptors (Lipinski definition) is 6. The number of furan rings is 1. The van der Waals surface area contributed by atoms with Gasteiger partial charge in [-0.05, 0) is 36.8 Å². The molecule has 0 aliphatic heterocycles. The largest absolute Gasteiger partial charge is 0.464 e. The van der Waals surface area contributed by atoms with Crippen LogP contribution in [0.5, 0.6) is 0 Å². The minimum atomic E-state index is -0.506. The van der Waals surface area contributed by atoms with Gasteiger partial charge >= 0.3 is 5.97 Å². The molecule has 140 valence electrons. The van der Waals surface area contributed by atoms with E-state index in [0.717, 1.165) is 5.56 Å². The van der Waals surface area contributed by atoms with E-state index in [2.05, 4.69) is 5.32 Å². The molecule has 27 heavy (non-hydrogen) atoms. The van der Waals surface area contributed by atoms with Crippen LogP contribution in [0.4, 0.5) is 5.00 Å². The first-order valence-electron chi connectivity index (χ1n) is 8.35. The van der Waals surface area contributed by atoms with E-state index < -0.39 is 5.97 Å². The number of anilines is 1. The first kappa shape index (κ1) is 18.9. The highest BCUT2D eigenvalue weighted by Gasteiger charge is 2.24. The molecule has 3 aromatic rings. The van der Waals surface area contributed by atoms with Crippen LogP contribution < -0.4 is 5.32 Å². The van der Waals surface area contributed by atoms with E-state index in [-0.39, 0.29) is 18.1 Å². The molecule has 0 bridgehead atoms. The van der Waals surface area contributed by atoms with Crippen LogP contribution in [0.2, 0.25) is 0 Å². The molecule has 2 aromatic heterocycles. The van der Waals surface area contributed by atoms with Gasteiger partial charge < -0.3 is 19.2 Å². The summed E-state index contributed by atoms with van der Waals surface area (Å²) in [6.07, 6.45) is 1.53. The van der Waals surface area contributed by atoms with Gasteiger partial charge in [0.2, 0.25) is 0 Å². The van der Waals surface area contributed by atoms with E-state index in [1.165, 1.54) is 17.6 Å². The Morgan fingerprint density at radius 3 is 2.78 bits per heavy atom. The summed E-state index contributed by atoms with van der Waals surface area (Å²) in [5.41, 5.74) is 2.25. The zero-order valence-corrected chi connectivity index (χ0v) is 15.8. The molecule has 6 nitrogen and oxygen atoms in total. The van der Waals surface area contributed by atoms with E-state index in [0.29, 0.717) is 28.5 Å². The number of ether oxygens (including phenoxy) is 2. The summed E-state index contributed by atoms with van der Waals surface area (Å²) in [6, 6.07) is 10.6. The molecule has 0 aliphatic carbocycles. The SMILES string of the molecule is CCOC(=O)c1c(-c2ccco2)csc1NC(=O)c1cccc(COC)c1. The van der Waals surface area contributed by atoms with Gasteiger partial charge in [-0.1, -0.05) is 12.1 Å². The smallest absolute Gasteiger partial charge is 0.341 e. The highest BCUT2D eigenvalue weighted by Crippen LogP contribution is 2.36. The number of rotatable bonds is 7. The average molecular weight is 385 g/mol. The standard InChI is InChI=1S/C20H19NO5S/c1-3-25-20(23)17-15(16-8-5-9-26-16)12-27-19(17)21-18(22)14-7-4-6-13(10-14)11-24-2/h4-10,12H,3,11H2,1-2H3,(H,21,22). The summed E-state index contributed by atoms with van der Waals surface area (Å²) in [4.78, 5) is 25.2. The van der Waals surface area contributed by atoms with Crippen molar-refractivity contribution in [3.63, 3.8) is 0 Å². The highest BCUT2D eigenvalue weighted by atomic mass is 32.1.